The minimum atomic E-state index is -0.713. The Balaban J connectivity index is 1.75. The Bertz CT molecular complexity index is 1250. The minimum absolute atomic E-state index is 0.0258. The van der Waals surface area contributed by atoms with Crippen LogP contribution in [0, 0.1) is 23.2 Å². The lowest BCUT2D eigenvalue weighted by Gasteiger charge is -2.46. The summed E-state index contributed by atoms with van der Waals surface area (Å²) in [5.74, 6) is -0.633. The molecule has 5 nitrogen and oxygen atoms in total. The summed E-state index contributed by atoms with van der Waals surface area (Å²) < 4.78 is 1.41. The van der Waals surface area contributed by atoms with Crippen LogP contribution in [-0.2, 0) is 16.6 Å². The van der Waals surface area contributed by atoms with Gasteiger partial charge in [0.05, 0.1) is 16.7 Å². The van der Waals surface area contributed by atoms with Crippen molar-refractivity contribution in [3.8, 4) is 6.07 Å². The summed E-state index contributed by atoms with van der Waals surface area (Å²) in [6, 6.07) is 21.1. The van der Waals surface area contributed by atoms with E-state index in [1.54, 1.807) is 18.2 Å². The number of rotatable bonds is 2. The predicted octanol–water partition coefficient (Wildman–Crippen LogP) is 4.09. The molecule has 3 unspecified atom stereocenters. The van der Waals surface area contributed by atoms with Crippen LogP contribution in [0.3, 0.4) is 0 Å². The number of fused-ring (bicyclic) bond motifs is 3. The Kier molecular flexibility index (Phi) is 4.44. The van der Waals surface area contributed by atoms with E-state index < -0.39 is 5.41 Å². The summed E-state index contributed by atoms with van der Waals surface area (Å²) in [5.41, 5.74) is 2.77. The highest BCUT2D eigenvalue weighted by molar-refractivity contribution is 6.02. The lowest BCUT2D eigenvalue weighted by molar-refractivity contribution is -0.121. The van der Waals surface area contributed by atoms with Crippen LogP contribution < -0.4 is 0 Å². The van der Waals surface area contributed by atoms with Crippen molar-refractivity contribution in [3.05, 3.63) is 101 Å². The third kappa shape index (κ3) is 2.79. The average molecular weight is 407 g/mol. The Hall–Kier alpha value is -3.78. The first-order valence-corrected chi connectivity index (χ1v) is 10.5. The fourth-order valence-corrected chi connectivity index (χ4v) is 5.25. The SMILES string of the molecule is CC1C(=O)C(C#N)=CC2(c3ccccc3)c3nn(C(=O)c4ccccc4)cc3CCC12. The molecule has 0 saturated carbocycles. The number of allylic oxidation sites excluding steroid dienone is 2. The molecule has 152 valence electrons. The third-order valence-corrected chi connectivity index (χ3v) is 6.75. The largest absolute Gasteiger partial charge is 0.293 e. The van der Waals surface area contributed by atoms with Gasteiger partial charge < -0.3 is 0 Å². The molecule has 3 aromatic rings. The van der Waals surface area contributed by atoms with Crippen molar-refractivity contribution in [2.45, 2.75) is 25.2 Å². The number of aromatic nitrogens is 2. The molecule has 0 bridgehead atoms. The highest BCUT2D eigenvalue weighted by atomic mass is 16.2. The van der Waals surface area contributed by atoms with Crippen molar-refractivity contribution < 1.29 is 9.59 Å². The summed E-state index contributed by atoms with van der Waals surface area (Å²) in [6.07, 6.45) is 5.14. The zero-order valence-electron chi connectivity index (χ0n) is 17.2. The lowest BCUT2D eigenvalue weighted by Crippen LogP contribution is -2.48. The zero-order chi connectivity index (χ0) is 21.6. The summed E-state index contributed by atoms with van der Waals surface area (Å²) in [5, 5.41) is 14.5. The molecule has 0 spiro atoms. The maximum atomic E-state index is 13.1. The quantitative estimate of drug-likeness (QED) is 0.641. The monoisotopic (exact) mass is 407 g/mol. The number of nitriles is 1. The van der Waals surface area contributed by atoms with Gasteiger partial charge in [-0.2, -0.15) is 10.4 Å². The number of hydrogen-bond acceptors (Lipinski definition) is 4. The van der Waals surface area contributed by atoms with Gasteiger partial charge in [-0.05, 0) is 48.1 Å². The standard InChI is InChI=1S/C26H21N3O2/c1-17-22-13-12-19-16-29(25(31)18-8-4-2-5-9-18)28-24(19)26(22,14-20(15-27)23(17)30)21-10-6-3-7-11-21/h2-11,14,16-17,22H,12-13H2,1H3. The van der Waals surface area contributed by atoms with Gasteiger partial charge in [0.2, 0.25) is 0 Å². The molecule has 3 atom stereocenters. The molecule has 2 aliphatic rings. The second kappa shape index (κ2) is 7.17. The molecule has 0 fully saturated rings. The maximum Gasteiger partial charge on any atom is 0.278 e. The Morgan fingerprint density at radius 1 is 1.13 bits per heavy atom. The number of benzene rings is 2. The van der Waals surface area contributed by atoms with E-state index in [1.165, 1.54) is 4.68 Å². The number of nitrogens with zero attached hydrogens (tertiary/aromatic N) is 3. The number of hydrogen-bond donors (Lipinski definition) is 0. The average Bonchev–Trinajstić information content (AvgIpc) is 3.27. The Morgan fingerprint density at radius 3 is 2.48 bits per heavy atom. The number of carbonyl (C=O) groups excluding carboxylic acids is 2. The fourth-order valence-electron chi connectivity index (χ4n) is 5.25. The number of aryl methyl sites for hydroxylation is 1. The van der Waals surface area contributed by atoms with Crippen molar-refractivity contribution >= 4 is 11.7 Å². The molecular formula is C26H21N3O2. The Morgan fingerprint density at radius 2 is 1.81 bits per heavy atom. The summed E-state index contributed by atoms with van der Waals surface area (Å²) in [4.78, 5) is 25.9. The second-order valence-corrected chi connectivity index (χ2v) is 8.32. The topological polar surface area (TPSA) is 75.8 Å². The molecule has 0 N–H and O–H groups in total. The van der Waals surface area contributed by atoms with Gasteiger partial charge in [-0.25, -0.2) is 4.68 Å². The molecule has 0 radical (unpaired) electrons. The van der Waals surface area contributed by atoms with Gasteiger partial charge in [-0.3, -0.25) is 9.59 Å². The van der Waals surface area contributed by atoms with E-state index in [0.717, 1.165) is 29.7 Å². The number of Topliss-reactive ketones (excluding diaryl/α,β-unsaturated/α-hetero) is 1. The van der Waals surface area contributed by atoms with Gasteiger partial charge in [0.1, 0.15) is 6.07 Å². The highest BCUT2D eigenvalue weighted by Gasteiger charge is 2.53. The van der Waals surface area contributed by atoms with Crippen LogP contribution in [0.2, 0.25) is 0 Å². The maximum absolute atomic E-state index is 13.1. The van der Waals surface area contributed by atoms with Crippen LogP contribution in [-0.4, -0.2) is 21.5 Å². The highest BCUT2D eigenvalue weighted by Crippen LogP contribution is 2.53. The summed E-state index contributed by atoms with van der Waals surface area (Å²) in [6.45, 7) is 1.91. The van der Waals surface area contributed by atoms with Gasteiger partial charge in [0.15, 0.2) is 5.78 Å². The van der Waals surface area contributed by atoms with E-state index in [0.29, 0.717) is 5.56 Å². The molecule has 31 heavy (non-hydrogen) atoms. The number of carbonyl (C=O) groups is 2. The molecule has 5 rings (SSSR count). The van der Waals surface area contributed by atoms with Crippen molar-refractivity contribution in [2.75, 3.05) is 0 Å². The van der Waals surface area contributed by atoms with E-state index in [4.69, 9.17) is 5.10 Å². The molecule has 1 heterocycles. The third-order valence-electron chi connectivity index (χ3n) is 6.75. The molecule has 0 saturated heterocycles. The smallest absolute Gasteiger partial charge is 0.278 e. The molecule has 0 aliphatic heterocycles. The first kappa shape index (κ1) is 19.2. The zero-order valence-corrected chi connectivity index (χ0v) is 17.2. The van der Waals surface area contributed by atoms with Crippen molar-refractivity contribution in [2.24, 2.45) is 11.8 Å². The molecule has 1 aromatic heterocycles. The van der Waals surface area contributed by atoms with E-state index in [2.05, 4.69) is 6.07 Å². The second-order valence-electron chi connectivity index (χ2n) is 8.32. The minimum Gasteiger partial charge on any atom is -0.293 e. The van der Waals surface area contributed by atoms with E-state index in [1.807, 2.05) is 61.7 Å². The molecule has 2 aliphatic carbocycles. The Labute approximate surface area is 180 Å². The number of ketones is 1. The van der Waals surface area contributed by atoms with E-state index >= 15 is 0 Å². The van der Waals surface area contributed by atoms with Gasteiger partial charge in [-0.15, -0.1) is 0 Å². The lowest BCUT2D eigenvalue weighted by atomic mass is 9.54. The molecule has 5 heteroatoms. The van der Waals surface area contributed by atoms with Gasteiger partial charge in [0, 0.05) is 17.7 Å². The van der Waals surface area contributed by atoms with Crippen LogP contribution in [0.15, 0.2) is 78.5 Å². The van der Waals surface area contributed by atoms with Crippen LogP contribution in [0.5, 0.6) is 0 Å². The molecular weight excluding hydrogens is 386 g/mol. The molecule has 2 aromatic carbocycles. The first-order chi connectivity index (χ1) is 15.1. The van der Waals surface area contributed by atoms with Crippen molar-refractivity contribution in [3.63, 3.8) is 0 Å². The van der Waals surface area contributed by atoms with Crippen LogP contribution in [0.4, 0.5) is 0 Å². The first-order valence-electron chi connectivity index (χ1n) is 10.5. The van der Waals surface area contributed by atoms with Gasteiger partial charge in [0.25, 0.3) is 5.91 Å². The van der Waals surface area contributed by atoms with E-state index in [9.17, 15) is 14.9 Å². The molecule has 0 amide bonds. The normalized spacial score (nSPS) is 24.5. The van der Waals surface area contributed by atoms with Crippen LogP contribution >= 0.6 is 0 Å². The van der Waals surface area contributed by atoms with Gasteiger partial charge in [-0.1, -0.05) is 55.5 Å². The summed E-state index contributed by atoms with van der Waals surface area (Å²) >= 11 is 0. The predicted molar refractivity (Wildman–Crippen MR) is 115 cm³/mol. The van der Waals surface area contributed by atoms with Crippen LogP contribution in [0.1, 0.15) is 40.5 Å². The summed E-state index contributed by atoms with van der Waals surface area (Å²) in [7, 11) is 0. The fraction of sp³-hybridized carbons (Fsp3) is 0.231. The van der Waals surface area contributed by atoms with Crippen LogP contribution in [0.25, 0.3) is 0 Å². The van der Waals surface area contributed by atoms with Crippen molar-refractivity contribution in [1.29, 1.82) is 5.26 Å². The van der Waals surface area contributed by atoms with Gasteiger partial charge >= 0.3 is 0 Å². The van der Waals surface area contributed by atoms with Crippen molar-refractivity contribution in [1.82, 2.24) is 9.78 Å². The van der Waals surface area contributed by atoms with E-state index in [-0.39, 0.29) is 29.1 Å².